The van der Waals surface area contributed by atoms with Gasteiger partial charge in [0.05, 0.1) is 26.5 Å². The summed E-state index contributed by atoms with van der Waals surface area (Å²) >= 11 is 3.46. The van der Waals surface area contributed by atoms with Crippen LogP contribution in [0.25, 0.3) is 0 Å². The first-order valence-electron chi connectivity index (χ1n) is 9.89. The van der Waals surface area contributed by atoms with Crippen LogP contribution in [0.2, 0.25) is 0 Å². The van der Waals surface area contributed by atoms with E-state index in [1.54, 1.807) is 18.2 Å². The van der Waals surface area contributed by atoms with Crippen LogP contribution in [0.15, 0.2) is 52.0 Å². The zero-order valence-corrected chi connectivity index (χ0v) is 18.9. The first-order chi connectivity index (χ1) is 15.6. The number of benzene rings is 2. The Morgan fingerprint density at radius 2 is 1.91 bits per heavy atom. The molecule has 1 aliphatic rings. The van der Waals surface area contributed by atoms with E-state index in [1.165, 1.54) is 13.3 Å². The molecule has 2 heterocycles. The molecule has 0 unspecified atom stereocenters. The molecule has 1 aliphatic heterocycles. The SMILES string of the molecule is COc1cccc(/C=N/Nc2nc(Nc3cccc(Br)c3)nc(N3CCOCC3)n2)c1O. The van der Waals surface area contributed by atoms with E-state index < -0.39 is 0 Å². The standard InChI is InChI=1S/C21H22BrN7O3/c1-31-17-7-2-4-14(18(17)30)13-23-28-20-25-19(24-16-6-3-5-15(22)12-16)26-21(27-20)29-8-10-32-11-9-29/h2-7,12-13,30H,8-11H2,1H3,(H2,24,25,26,27,28)/b23-13+. The maximum absolute atomic E-state index is 10.2. The molecule has 1 saturated heterocycles. The van der Waals surface area contributed by atoms with Crippen LogP contribution < -0.4 is 20.4 Å². The second kappa shape index (κ2) is 10.2. The smallest absolute Gasteiger partial charge is 0.250 e. The van der Waals surface area contributed by atoms with Gasteiger partial charge in [-0.3, -0.25) is 0 Å². The predicted molar refractivity (Wildman–Crippen MR) is 126 cm³/mol. The number of phenols is 1. The topological polar surface area (TPSA) is 117 Å². The molecule has 0 spiro atoms. The number of aromatic hydroxyl groups is 1. The Labute approximate surface area is 193 Å². The summed E-state index contributed by atoms with van der Waals surface area (Å²) in [6.07, 6.45) is 1.47. The number of methoxy groups -OCH3 is 1. The fourth-order valence-corrected chi connectivity index (χ4v) is 3.44. The molecule has 0 radical (unpaired) electrons. The van der Waals surface area contributed by atoms with Gasteiger partial charge >= 0.3 is 0 Å². The summed E-state index contributed by atoms with van der Waals surface area (Å²) in [6.45, 7) is 2.58. The van der Waals surface area contributed by atoms with E-state index in [4.69, 9.17) is 9.47 Å². The molecule has 1 aromatic heterocycles. The van der Waals surface area contributed by atoms with Crippen LogP contribution >= 0.6 is 15.9 Å². The zero-order valence-electron chi connectivity index (χ0n) is 17.3. The zero-order chi connectivity index (χ0) is 22.3. The largest absolute Gasteiger partial charge is 0.504 e. The van der Waals surface area contributed by atoms with E-state index in [2.05, 4.69) is 46.7 Å². The first kappa shape index (κ1) is 21.8. The Morgan fingerprint density at radius 3 is 2.69 bits per heavy atom. The number of rotatable bonds is 7. The van der Waals surface area contributed by atoms with Gasteiger partial charge in [-0.05, 0) is 30.3 Å². The Bertz CT molecular complexity index is 1110. The molecular weight excluding hydrogens is 478 g/mol. The second-order valence-electron chi connectivity index (χ2n) is 6.79. The average molecular weight is 500 g/mol. The lowest BCUT2D eigenvalue weighted by molar-refractivity contribution is 0.122. The quantitative estimate of drug-likeness (QED) is 0.332. The number of hydrogen-bond acceptors (Lipinski definition) is 10. The van der Waals surface area contributed by atoms with E-state index >= 15 is 0 Å². The summed E-state index contributed by atoms with van der Waals surface area (Å²) in [4.78, 5) is 15.5. The van der Waals surface area contributed by atoms with E-state index in [0.29, 0.717) is 49.5 Å². The number of aromatic nitrogens is 3. The molecule has 1 fully saturated rings. The van der Waals surface area contributed by atoms with Gasteiger partial charge in [0.15, 0.2) is 11.5 Å². The number of anilines is 4. The molecule has 0 atom stereocenters. The second-order valence-corrected chi connectivity index (χ2v) is 7.70. The molecule has 10 nitrogen and oxygen atoms in total. The van der Waals surface area contributed by atoms with Crippen LogP contribution in [-0.2, 0) is 4.74 Å². The van der Waals surface area contributed by atoms with E-state index in [-0.39, 0.29) is 11.7 Å². The summed E-state index contributed by atoms with van der Waals surface area (Å²) in [5.41, 5.74) is 4.14. The van der Waals surface area contributed by atoms with Crippen molar-refractivity contribution in [1.82, 2.24) is 15.0 Å². The average Bonchev–Trinajstić information content (AvgIpc) is 2.81. The van der Waals surface area contributed by atoms with Gasteiger partial charge < -0.3 is 24.8 Å². The van der Waals surface area contributed by atoms with Crippen molar-refractivity contribution in [2.45, 2.75) is 0 Å². The number of nitrogens with one attached hydrogen (secondary N) is 2. The third kappa shape index (κ3) is 5.42. The van der Waals surface area contributed by atoms with Gasteiger partial charge in [-0.15, -0.1) is 0 Å². The van der Waals surface area contributed by atoms with Gasteiger partial charge in [0, 0.05) is 28.8 Å². The Hall–Kier alpha value is -3.44. The molecule has 3 N–H and O–H groups in total. The van der Waals surface area contributed by atoms with Crippen molar-refractivity contribution in [1.29, 1.82) is 0 Å². The number of halogens is 1. The number of nitrogens with zero attached hydrogens (tertiary/aromatic N) is 5. The number of para-hydroxylation sites is 1. The van der Waals surface area contributed by atoms with Gasteiger partial charge in [0.25, 0.3) is 0 Å². The summed E-state index contributed by atoms with van der Waals surface area (Å²) in [7, 11) is 1.49. The first-order valence-corrected chi connectivity index (χ1v) is 10.7. The van der Waals surface area contributed by atoms with E-state index in [0.717, 1.165) is 10.2 Å². The lowest BCUT2D eigenvalue weighted by Crippen LogP contribution is -2.37. The molecule has 4 rings (SSSR count). The minimum absolute atomic E-state index is 0.00205. The minimum Gasteiger partial charge on any atom is -0.504 e. The van der Waals surface area contributed by atoms with E-state index in [1.807, 2.05) is 29.2 Å². The highest BCUT2D eigenvalue weighted by atomic mass is 79.9. The highest BCUT2D eigenvalue weighted by molar-refractivity contribution is 9.10. The molecule has 0 saturated carbocycles. The summed E-state index contributed by atoms with van der Waals surface area (Å²) in [5.74, 6) is 1.52. The van der Waals surface area contributed by atoms with Crippen LogP contribution in [0, 0.1) is 0 Å². The highest BCUT2D eigenvalue weighted by Gasteiger charge is 2.17. The minimum atomic E-state index is 0.00205. The molecule has 32 heavy (non-hydrogen) atoms. The van der Waals surface area contributed by atoms with Crippen molar-refractivity contribution in [3.8, 4) is 11.5 Å². The molecule has 0 bridgehead atoms. The number of hydrogen-bond donors (Lipinski definition) is 3. The van der Waals surface area contributed by atoms with Crippen LogP contribution in [0.1, 0.15) is 5.56 Å². The molecule has 0 amide bonds. The van der Waals surface area contributed by atoms with Crippen molar-refractivity contribution in [2.75, 3.05) is 49.1 Å². The lowest BCUT2D eigenvalue weighted by Gasteiger charge is -2.27. The fourth-order valence-electron chi connectivity index (χ4n) is 3.04. The lowest BCUT2D eigenvalue weighted by atomic mass is 10.2. The van der Waals surface area contributed by atoms with Crippen molar-refractivity contribution < 1.29 is 14.6 Å². The van der Waals surface area contributed by atoms with Crippen LogP contribution in [-0.4, -0.2) is 59.7 Å². The number of phenolic OH excluding ortho intramolecular Hbond substituents is 1. The van der Waals surface area contributed by atoms with Gasteiger partial charge in [-0.1, -0.05) is 28.1 Å². The van der Waals surface area contributed by atoms with Gasteiger partial charge in [0.2, 0.25) is 17.8 Å². The summed E-state index contributed by atoms with van der Waals surface area (Å²) < 4.78 is 11.5. The van der Waals surface area contributed by atoms with Gasteiger partial charge in [0.1, 0.15) is 0 Å². The Morgan fingerprint density at radius 1 is 1.12 bits per heavy atom. The van der Waals surface area contributed by atoms with Crippen LogP contribution in [0.5, 0.6) is 11.5 Å². The highest BCUT2D eigenvalue weighted by Crippen LogP contribution is 2.28. The summed E-state index contributed by atoms with van der Waals surface area (Å²) in [5, 5.41) is 17.6. The third-order valence-corrected chi connectivity index (χ3v) is 5.11. The normalized spacial score (nSPS) is 13.9. The third-order valence-electron chi connectivity index (χ3n) is 4.62. The maximum Gasteiger partial charge on any atom is 0.250 e. The molecule has 11 heteroatoms. The van der Waals surface area contributed by atoms with Crippen LogP contribution in [0.3, 0.4) is 0 Å². The molecule has 3 aromatic rings. The Kier molecular flexibility index (Phi) is 6.97. The van der Waals surface area contributed by atoms with Gasteiger partial charge in [-0.2, -0.15) is 20.1 Å². The number of hydrazone groups is 1. The molecular formula is C21H22BrN7O3. The van der Waals surface area contributed by atoms with Crippen LogP contribution in [0.4, 0.5) is 23.5 Å². The monoisotopic (exact) mass is 499 g/mol. The van der Waals surface area contributed by atoms with Crippen molar-refractivity contribution in [3.63, 3.8) is 0 Å². The van der Waals surface area contributed by atoms with Crippen molar-refractivity contribution >= 4 is 45.7 Å². The number of ether oxygens (including phenoxy) is 2. The number of morpholine rings is 1. The van der Waals surface area contributed by atoms with Gasteiger partial charge in [-0.25, -0.2) is 5.43 Å². The fraction of sp³-hybridized carbons (Fsp3) is 0.238. The van der Waals surface area contributed by atoms with Crippen molar-refractivity contribution in [2.24, 2.45) is 5.10 Å². The molecule has 0 aliphatic carbocycles. The molecule has 2 aromatic carbocycles. The summed E-state index contributed by atoms with van der Waals surface area (Å²) in [6, 6.07) is 12.8. The predicted octanol–water partition coefficient (Wildman–Crippen LogP) is 3.37. The van der Waals surface area contributed by atoms with Crippen molar-refractivity contribution in [3.05, 3.63) is 52.5 Å². The van der Waals surface area contributed by atoms with E-state index in [9.17, 15) is 5.11 Å². The molecule has 166 valence electrons. The Balaban J connectivity index is 1.58. The maximum atomic E-state index is 10.2.